The van der Waals surface area contributed by atoms with Crippen LogP contribution in [0.15, 0.2) is 85.1 Å². The van der Waals surface area contributed by atoms with Gasteiger partial charge in [-0.15, -0.1) is 0 Å². The molecule has 0 bridgehead atoms. The molecule has 1 N–H and O–H groups in total. The van der Waals surface area contributed by atoms with Crippen LogP contribution in [-0.2, 0) is 0 Å². The van der Waals surface area contributed by atoms with Crippen LogP contribution in [0.5, 0.6) is 5.75 Å². The van der Waals surface area contributed by atoms with Crippen molar-refractivity contribution in [3.8, 4) is 5.75 Å². The predicted molar refractivity (Wildman–Crippen MR) is 99.9 cm³/mol. The molecule has 4 rings (SSSR count). The fourth-order valence-electron chi connectivity index (χ4n) is 2.69. The summed E-state index contributed by atoms with van der Waals surface area (Å²) in [6.45, 7) is 0. The summed E-state index contributed by atoms with van der Waals surface area (Å²) >= 11 is 0. The molecule has 24 heavy (non-hydrogen) atoms. The molecule has 2 heterocycles. The summed E-state index contributed by atoms with van der Waals surface area (Å²) in [6, 6.07) is 26.3. The second kappa shape index (κ2) is 6.38. The van der Waals surface area contributed by atoms with Crippen LogP contribution in [0.25, 0.3) is 11.0 Å². The van der Waals surface area contributed by atoms with Gasteiger partial charge in [-0.25, -0.2) is 4.98 Å². The monoisotopic (exact) mass is 330 g/mol. The van der Waals surface area contributed by atoms with Crippen molar-refractivity contribution in [3.63, 3.8) is 0 Å². The van der Waals surface area contributed by atoms with Gasteiger partial charge in [-0.1, -0.05) is 60.7 Å². The van der Waals surface area contributed by atoms with Crippen molar-refractivity contribution in [2.24, 2.45) is 0 Å². The Morgan fingerprint density at radius 2 is 1.33 bits per heavy atom. The lowest BCUT2D eigenvalue weighted by Gasteiger charge is -2.18. The van der Waals surface area contributed by atoms with Gasteiger partial charge in [-0.3, -0.25) is 4.98 Å². The van der Waals surface area contributed by atoms with Crippen LogP contribution < -0.4 is 16.0 Å². The van der Waals surface area contributed by atoms with Crippen LogP contribution in [0, 0.1) is 0 Å². The summed E-state index contributed by atoms with van der Waals surface area (Å²) in [5.41, 5.74) is 2.21. The fraction of sp³-hybridized carbons (Fsp3) is 0. The van der Waals surface area contributed by atoms with E-state index in [1.807, 2.05) is 48.5 Å². The van der Waals surface area contributed by atoms with E-state index < -0.39 is 7.92 Å². The molecule has 4 heteroatoms. The summed E-state index contributed by atoms with van der Waals surface area (Å²) in [5, 5.41) is 12.6. The number of pyridine rings is 2. The molecule has 0 saturated carbocycles. The summed E-state index contributed by atoms with van der Waals surface area (Å²) in [4.78, 5) is 9.02. The highest BCUT2D eigenvalue weighted by atomic mass is 31.1. The van der Waals surface area contributed by atoms with Crippen LogP contribution in [-0.4, -0.2) is 15.1 Å². The van der Waals surface area contributed by atoms with Gasteiger partial charge in [0.25, 0.3) is 0 Å². The fourth-order valence-corrected chi connectivity index (χ4v) is 4.88. The Hall–Kier alpha value is -2.77. The maximum absolute atomic E-state index is 10.1. The van der Waals surface area contributed by atoms with E-state index in [1.54, 1.807) is 12.3 Å². The molecule has 0 unspecified atom stereocenters. The van der Waals surface area contributed by atoms with Gasteiger partial charge in [0.2, 0.25) is 0 Å². The summed E-state index contributed by atoms with van der Waals surface area (Å²) in [5.74, 6) is 0.165. The average molecular weight is 330 g/mol. The molecule has 0 amide bonds. The standard InChI is InChI=1S/C20H15N2OP/c23-18-13-14-21-17-11-12-19(22-20(17)18)24(15-7-3-1-4-8-15)16-9-5-2-6-10-16/h1-14H,(H,21,23). The molecule has 0 aliphatic heterocycles. The van der Waals surface area contributed by atoms with Gasteiger partial charge in [0, 0.05) is 20.2 Å². The molecule has 0 aliphatic carbocycles. The van der Waals surface area contributed by atoms with E-state index in [2.05, 4.69) is 29.2 Å². The maximum Gasteiger partial charge on any atom is 0.144 e. The Morgan fingerprint density at radius 3 is 1.96 bits per heavy atom. The second-order valence-corrected chi connectivity index (χ2v) is 7.54. The van der Waals surface area contributed by atoms with E-state index >= 15 is 0 Å². The third-order valence-corrected chi connectivity index (χ3v) is 6.14. The van der Waals surface area contributed by atoms with E-state index in [9.17, 15) is 5.11 Å². The number of rotatable bonds is 3. The Kier molecular flexibility index (Phi) is 3.94. The number of fused-ring (bicyclic) bond motifs is 1. The van der Waals surface area contributed by atoms with Crippen LogP contribution in [0.4, 0.5) is 0 Å². The zero-order valence-electron chi connectivity index (χ0n) is 12.9. The number of nitrogens with zero attached hydrogens (tertiary/aromatic N) is 2. The smallest absolute Gasteiger partial charge is 0.144 e. The molecule has 3 nitrogen and oxygen atoms in total. The Labute approximate surface area is 141 Å². The molecule has 116 valence electrons. The van der Waals surface area contributed by atoms with Gasteiger partial charge in [0.1, 0.15) is 11.3 Å². The normalized spacial score (nSPS) is 11.0. The topological polar surface area (TPSA) is 46.0 Å². The lowest BCUT2D eigenvalue weighted by Crippen LogP contribution is -2.22. The molecule has 0 radical (unpaired) electrons. The van der Waals surface area contributed by atoms with Crippen molar-refractivity contribution in [3.05, 3.63) is 85.1 Å². The average Bonchev–Trinajstić information content (AvgIpc) is 2.64. The second-order valence-electron chi connectivity index (χ2n) is 5.37. The van der Waals surface area contributed by atoms with Gasteiger partial charge < -0.3 is 5.11 Å². The Bertz CT molecular complexity index is 935. The van der Waals surface area contributed by atoms with E-state index in [0.29, 0.717) is 11.0 Å². The van der Waals surface area contributed by atoms with E-state index in [-0.39, 0.29) is 5.75 Å². The van der Waals surface area contributed by atoms with Crippen molar-refractivity contribution in [1.82, 2.24) is 9.97 Å². The first-order valence-corrected chi connectivity index (χ1v) is 9.02. The van der Waals surface area contributed by atoms with Gasteiger partial charge >= 0.3 is 0 Å². The van der Waals surface area contributed by atoms with Crippen molar-refractivity contribution in [2.45, 2.75) is 0 Å². The van der Waals surface area contributed by atoms with Crippen LogP contribution >= 0.6 is 7.92 Å². The first kappa shape index (κ1) is 14.8. The number of benzene rings is 2. The third kappa shape index (κ3) is 2.75. The number of aromatic nitrogens is 2. The van der Waals surface area contributed by atoms with E-state index in [4.69, 9.17) is 4.98 Å². The van der Waals surface area contributed by atoms with Crippen molar-refractivity contribution < 1.29 is 5.11 Å². The SMILES string of the molecule is Oc1ccnc2ccc(P(c3ccccc3)c3ccccc3)nc12. The minimum atomic E-state index is -0.782. The first-order valence-electron chi connectivity index (χ1n) is 7.68. The van der Waals surface area contributed by atoms with Crippen molar-refractivity contribution >= 4 is 35.0 Å². The summed E-state index contributed by atoms with van der Waals surface area (Å²) < 4.78 is 0. The minimum absolute atomic E-state index is 0.165. The van der Waals surface area contributed by atoms with Gasteiger partial charge in [-0.2, -0.15) is 0 Å². The van der Waals surface area contributed by atoms with E-state index in [1.165, 1.54) is 10.6 Å². The molecular weight excluding hydrogens is 315 g/mol. The highest BCUT2D eigenvalue weighted by molar-refractivity contribution is 7.79. The zero-order chi connectivity index (χ0) is 16.4. The van der Waals surface area contributed by atoms with Crippen LogP contribution in [0.3, 0.4) is 0 Å². The van der Waals surface area contributed by atoms with Crippen LogP contribution in [0.1, 0.15) is 0 Å². The predicted octanol–water partition coefficient (Wildman–Crippen LogP) is 3.09. The third-order valence-electron chi connectivity index (χ3n) is 3.81. The largest absolute Gasteiger partial charge is 0.506 e. The van der Waals surface area contributed by atoms with Gasteiger partial charge in [0.05, 0.1) is 11.0 Å². The number of hydrogen-bond donors (Lipinski definition) is 1. The highest BCUT2D eigenvalue weighted by Crippen LogP contribution is 2.33. The van der Waals surface area contributed by atoms with E-state index in [0.717, 1.165) is 5.44 Å². The Balaban J connectivity index is 1.92. The summed E-state index contributed by atoms with van der Waals surface area (Å²) in [6.07, 6.45) is 1.59. The molecule has 0 aliphatic rings. The van der Waals surface area contributed by atoms with Crippen molar-refractivity contribution in [2.75, 3.05) is 0 Å². The number of aromatic hydroxyl groups is 1. The molecule has 2 aromatic carbocycles. The Morgan fingerprint density at radius 1 is 0.708 bits per heavy atom. The zero-order valence-corrected chi connectivity index (χ0v) is 13.8. The first-order chi connectivity index (χ1) is 11.8. The molecule has 0 spiro atoms. The lowest BCUT2D eigenvalue weighted by atomic mass is 10.3. The highest BCUT2D eigenvalue weighted by Gasteiger charge is 2.18. The maximum atomic E-state index is 10.1. The summed E-state index contributed by atoms with van der Waals surface area (Å²) in [7, 11) is -0.782. The molecule has 0 saturated heterocycles. The van der Waals surface area contributed by atoms with Gasteiger partial charge in [-0.05, 0) is 22.7 Å². The molecule has 2 aromatic heterocycles. The molecule has 0 atom stereocenters. The lowest BCUT2D eigenvalue weighted by molar-refractivity contribution is 0.480. The quantitative estimate of drug-likeness (QED) is 0.587. The number of hydrogen-bond acceptors (Lipinski definition) is 3. The molecular formula is C20H15N2OP. The molecule has 0 fully saturated rings. The van der Waals surface area contributed by atoms with Crippen LogP contribution in [0.2, 0.25) is 0 Å². The van der Waals surface area contributed by atoms with Crippen molar-refractivity contribution in [1.29, 1.82) is 0 Å². The van der Waals surface area contributed by atoms with Gasteiger partial charge in [0.15, 0.2) is 0 Å². The minimum Gasteiger partial charge on any atom is -0.506 e. The molecule has 4 aromatic rings.